The predicted molar refractivity (Wildman–Crippen MR) is 103 cm³/mol. The SMILES string of the molecule is O=C(Nc1ccc2c(c1)OCO2)C1CCN(Cc2cccc(Br)c2)CC1. The molecule has 1 amide bonds. The lowest BCUT2D eigenvalue weighted by atomic mass is 9.95. The number of carbonyl (C=O) groups excluding carboxylic acids is 1. The van der Waals surface area contributed by atoms with Crippen LogP contribution >= 0.6 is 15.9 Å². The molecule has 0 saturated carbocycles. The summed E-state index contributed by atoms with van der Waals surface area (Å²) in [6, 6.07) is 13.9. The lowest BCUT2D eigenvalue weighted by Gasteiger charge is -2.31. The minimum absolute atomic E-state index is 0.0548. The van der Waals surface area contributed by atoms with Gasteiger partial charge in [0, 0.05) is 28.7 Å². The maximum absolute atomic E-state index is 12.6. The van der Waals surface area contributed by atoms with Crippen molar-refractivity contribution in [1.29, 1.82) is 0 Å². The molecule has 1 saturated heterocycles. The summed E-state index contributed by atoms with van der Waals surface area (Å²) in [6.07, 6.45) is 1.76. The summed E-state index contributed by atoms with van der Waals surface area (Å²) in [6.45, 7) is 3.04. The normalized spacial score (nSPS) is 17.3. The van der Waals surface area contributed by atoms with E-state index in [1.807, 2.05) is 24.3 Å². The molecule has 5 nitrogen and oxygen atoms in total. The van der Waals surface area contributed by atoms with Crippen LogP contribution in [0, 0.1) is 5.92 Å². The van der Waals surface area contributed by atoms with E-state index in [1.165, 1.54) is 5.56 Å². The van der Waals surface area contributed by atoms with E-state index in [9.17, 15) is 4.79 Å². The van der Waals surface area contributed by atoms with Crippen molar-refractivity contribution in [3.8, 4) is 11.5 Å². The van der Waals surface area contributed by atoms with Crippen molar-refractivity contribution in [2.45, 2.75) is 19.4 Å². The molecule has 0 aromatic heterocycles. The Morgan fingerprint density at radius 1 is 1.12 bits per heavy atom. The molecule has 26 heavy (non-hydrogen) atoms. The van der Waals surface area contributed by atoms with Crippen molar-refractivity contribution in [3.05, 3.63) is 52.5 Å². The number of hydrogen-bond acceptors (Lipinski definition) is 4. The van der Waals surface area contributed by atoms with Crippen LogP contribution in [0.4, 0.5) is 5.69 Å². The van der Waals surface area contributed by atoms with E-state index in [0.29, 0.717) is 5.75 Å². The molecule has 2 aromatic carbocycles. The van der Waals surface area contributed by atoms with Gasteiger partial charge in [-0.1, -0.05) is 28.1 Å². The van der Waals surface area contributed by atoms with Crippen molar-refractivity contribution < 1.29 is 14.3 Å². The Hall–Kier alpha value is -2.05. The summed E-state index contributed by atoms with van der Waals surface area (Å²) in [4.78, 5) is 15.0. The Morgan fingerprint density at radius 3 is 2.73 bits per heavy atom. The van der Waals surface area contributed by atoms with Gasteiger partial charge in [-0.05, 0) is 55.8 Å². The number of nitrogens with zero attached hydrogens (tertiary/aromatic N) is 1. The van der Waals surface area contributed by atoms with Gasteiger partial charge < -0.3 is 14.8 Å². The Kier molecular flexibility index (Phi) is 5.13. The smallest absolute Gasteiger partial charge is 0.231 e. The largest absolute Gasteiger partial charge is 0.454 e. The van der Waals surface area contributed by atoms with E-state index >= 15 is 0 Å². The van der Waals surface area contributed by atoms with E-state index in [1.54, 1.807) is 0 Å². The van der Waals surface area contributed by atoms with Crippen LogP contribution in [0.2, 0.25) is 0 Å². The molecule has 1 fully saturated rings. The van der Waals surface area contributed by atoms with Crippen LogP contribution in [0.15, 0.2) is 46.9 Å². The van der Waals surface area contributed by atoms with Crippen LogP contribution in [0.1, 0.15) is 18.4 Å². The van der Waals surface area contributed by atoms with Crippen molar-refractivity contribution in [2.75, 3.05) is 25.2 Å². The zero-order valence-electron chi connectivity index (χ0n) is 14.4. The van der Waals surface area contributed by atoms with Crippen LogP contribution in [-0.4, -0.2) is 30.7 Å². The van der Waals surface area contributed by atoms with Gasteiger partial charge >= 0.3 is 0 Å². The monoisotopic (exact) mass is 416 g/mol. The molecule has 0 radical (unpaired) electrons. The molecule has 0 atom stereocenters. The lowest BCUT2D eigenvalue weighted by Crippen LogP contribution is -2.37. The van der Waals surface area contributed by atoms with Gasteiger partial charge in [0.2, 0.25) is 12.7 Å². The van der Waals surface area contributed by atoms with Crippen LogP contribution in [-0.2, 0) is 11.3 Å². The van der Waals surface area contributed by atoms with Crippen molar-refractivity contribution in [3.63, 3.8) is 0 Å². The Balaban J connectivity index is 1.29. The summed E-state index contributed by atoms with van der Waals surface area (Å²) in [5.74, 6) is 1.56. The number of nitrogens with one attached hydrogen (secondary N) is 1. The van der Waals surface area contributed by atoms with Crippen LogP contribution in [0.3, 0.4) is 0 Å². The van der Waals surface area contributed by atoms with Gasteiger partial charge in [0.05, 0.1) is 0 Å². The number of piperidine rings is 1. The van der Waals surface area contributed by atoms with Gasteiger partial charge in [-0.25, -0.2) is 0 Å². The van der Waals surface area contributed by atoms with Gasteiger partial charge in [-0.3, -0.25) is 9.69 Å². The van der Waals surface area contributed by atoms with Crippen LogP contribution in [0.5, 0.6) is 11.5 Å². The third-order valence-electron chi connectivity index (χ3n) is 4.89. The molecule has 1 N–H and O–H groups in total. The minimum atomic E-state index is 0.0548. The van der Waals surface area contributed by atoms with Gasteiger partial charge in [0.15, 0.2) is 11.5 Å². The van der Waals surface area contributed by atoms with E-state index in [4.69, 9.17) is 9.47 Å². The third kappa shape index (κ3) is 4.02. The predicted octanol–water partition coefficient (Wildman–Crippen LogP) is 4.03. The number of halogens is 1. The Labute approximate surface area is 161 Å². The number of fused-ring (bicyclic) bond motifs is 1. The molecule has 0 unspecified atom stereocenters. The molecule has 0 spiro atoms. The highest BCUT2D eigenvalue weighted by molar-refractivity contribution is 9.10. The zero-order valence-corrected chi connectivity index (χ0v) is 16.0. The minimum Gasteiger partial charge on any atom is -0.454 e. The molecule has 0 aliphatic carbocycles. The second-order valence-corrected chi connectivity index (χ2v) is 7.65. The average Bonchev–Trinajstić information content (AvgIpc) is 3.10. The second kappa shape index (κ2) is 7.68. The third-order valence-corrected chi connectivity index (χ3v) is 5.39. The standard InChI is InChI=1S/C20H21BrN2O3/c21-16-3-1-2-14(10-16)12-23-8-6-15(7-9-23)20(24)22-17-4-5-18-19(11-17)26-13-25-18/h1-5,10-11,15H,6-9,12-13H2,(H,22,24). The van der Waals surface area contributed by atoms with Crippen molar-refractivity contribution in [1.82, 2.24) is 4.90 Å². The molecule has 2 aliphatic heterocycles. The maximum atomic E-state index is 12.6. The number of anilines is 1. The summed E-state index contributed by atoms with van der Waals surface area (Å²) >= 11 is 3.52. The number of likely N-dealkylation sites (tertiary alicyclic amines) is 1. The van der Waals surface area contributed by atoms with Crippen molar-refractivity contribution in [2.24, 2.45) is 5.92 Å². The summed E-state index contributed by atoms with van der Waals surface area (Å²) in [7, 11) is 0. The van der Waals surface area contributed by atoms with Crippen LogP contribution < -0.4 is 14.8 Å². The van der Waals surface area contributed by atoms with Crippen molar-refractivity contribution >= 4 is 27.5 Å². The fraction of sp³-hybridized carbons (Fsp3) is 0.350. The Morgan fingerprint density at radius 2 is 1.92 bits per heavy atom. The topological polar surface area (TPSA) is 50.8 Å². The first kappa shape index (κ1) is 17.4. The zero-order chi connectivity index (χ0) is 17.9. The van der Waals surface area contributed by atoms with E-state index < -0.39 is 0 Å². The summed E-state index contributed by atoms with van der Waals surface area (Å²) < 4.78 is 11.8. The fourth-order valence-corrected chi connectivity index (χ4v) is 3.91. The first-order valence-electron chi connectivity index (χ1n) is 8.85. The van der Waals surface area contributed by atoms with E-state index in [0.717, 1.165) is 48.4 Å². The highest BCUT2D eigenvalue weighted by Crippen LogP contribution is 2.34. The number of ether oxygens (including phenoxy) is 2. The summed E-state index contributed by atoms with van der Waals surface area (Å²) in [5, 5.41) is 3.01. The van der Waals surface area contributed by atoms with Crippen LogP contribution in [0.25, 0.3) is 0 Å². The molecular weight excluding hydrogens is 396 g/mol. The summed E-state index contributed by atoms with van der Waals surface area (Å²) in [5.41, 5.74) is 2.05. The van der Waals surface area contributed by atoms with Gasteiger partial charge in [0.1, 0.15) is 0 Å². The van der Waals surface area contributed by atoms with E-state index in [2.05, 4.69) is 44.3 Å². The number of hydrogen-bond donors (Lipinski definition) is 1. The quantitative estimate of drug-likeness (QED) is 0.817. The number of carbonyl (C=O) groups is 1. The number of benzene rings is 2. The molecule has 4 rings (SSSR count). The second-order valence-electron chi connectivity index (χ2n) is 6.74. The first-order valence-corrected chi connectivity index (χ1v) is 9.64. The van der Waals surface area contributed by atoms with Gasteiger partial charge in [-0.2, -0.15) is 0 Å². The molecule has 2 heterocycles. The fourth-order valence-electron chi connectivity index (χ4n) is 3.47. The van der Waals surface area contributed by atoms with Gasteiger partial charge in [-0.15, -0.1) is 0 Å². The molecule has 6 heteroatoms. The lowest BCUT2D eigenvalue weighted by molar-refractivity contribution is -0.121. The average molecular weight is 417 g/mol. The highest BCUT2D eigenvalue weighted by Gasteiger charge is 2.25. The maximum Gasteiger partial charge on any atom is 0.231 e. The van der Waals surface area contributed by atoms with Gasteiger partial charge in [0.25, 0.3) is 0 Å². The van der Waals surface area contributed by atoms with E-state index in [-0.39, 0.29) is 18.6 Å². The molecule has 2 aliphatic rings. The number of amides is 1. The Bertz CT molecular complexity index is 803. The highest BCUT2D eigenvalue weighted by atomic mass is 79.9. The number of rotatable bonds is 4. The molecular formula is C20H21BrN2O3. The molecule has 2 aromatic rings. The molecule has 0 bridgehead atoms. The first-order chi connectivity index (χ1) is 12.7. The molecule has 136 valence electrons.